The van der Waals surface area contributed by atoms with Gasteiger partial charge >= 0.3 is 6.09 Å². The van der Waals surface area contributed by atoms with Gasteiger partial charge in [-0.25, -0.2) is 4.79 Å². The number of benzene rings is 2. The molecular formula is C15H15N3O2. The maximum absolute atomic E-state index is 11.5. The zero-order chi connectivity index (χ0) is 14.4. The molecule has 20 heavy (non-hydrogen) atoms. The van der Waals surface area contributed by atoms with Crippen molar-refractivity contribution in [3.63, 3.8) is 0 Å². The summed E-state index contributed by atoms with van der Waals surface area (Å²) in [5.74, 6) is 0.159. The predicted molar refractivity (Wildman–Crippen MR) is 78.4 cm³/mol. The zero-order valence-electron chi connectivity index (χ0n) is 11.0. The van der Waals surface area contributed by atoms with Crippen LogP contribution in [0, 0.1) is 6.92 Å². The van der Waals surface area contributed by atoms with Gasteiger partial charge in [-0.3, -0.25) is 10.2 Å². The molecule has 0 aromatic heterocycles. The molecule has 2 aromatic rings. The number of aryl methyl sites for hydroxylation is 1. The summed E-state index contributed by atoms with van der Waals surface area (Å²) in [5.41, 5.74) is 8.10. The lowest BCUT2D eigenvalue weighted by Crippen LogP contribution is -2.18. The van der Waals surface area contributed by atoms with Crippen molar-refractivity contribution in [3.8, 4) is 0 Å². The van der Waals surface area contributed by atoms with Gasteiger partial charge in [0, 0.05) is 11.3 Å². The van der Waals surface area contributed by atoms with Crippen molar-refractivity contribution in [3.05, 3.63) is 65.7 Å². The lowest BCUT2D eigenvalue weighted by atomic mass is 10.1. The highest BCUT2D eigenvalue weighted by Crippen LogP contribution is 2.08. The molecule has 0 heterocycles. The number of hydrogen-bond acceptors (Lipinski definition) is 3. The van der Waals surface area contributed by atoms with E-state index in [2.05, 4.69) is 10.5 Å². The van der Waals surface area contributed by atoms with E-state index >= 15 is 0 Å². The Morgan fingerprint density at radius 1 is 1.10 bits per heavy atom. The van der Waals surface area contributed by atoms with Crippen LogP contribution in [-0.2, 0) is 4.84 Å². The predicted octanol–water partition coefficient (Wildman–Crippen LogP) is 2.86. The lowest BCUT2D eigenvalue weighted by Gasteiger charge is -2.05. The second-order valence-electron chi connectivity index (χ2n) is 4.16. The van der Waals surface area contributed by atoms with Gasteiger partial charge in [-0.1, -0.05) is 47.6 Å². The van der Waals surface area contributed by atoms with Crippen molar-refractivity contribution in [2.75, 3.05) is 5.32 Å². The molecule has 0 aliphatic heterocycles. The number of nitrogens with zero attached hydrogens (tertiary/aromatic N) is 1. The minimum atomic E-state index is -0.687. The SMILES string of the molecule is Cc1ccccc1C(N)=NOC(=O)Nc1ccccc1. The van der Waals surface area contributed by atoms with E-state index in [0.717, 1.165) is 11.1 Å². The molecule has 0 aliphatic rings. The molecule has 5 nitrogen and oxygen atoms in total. The Labute approximate surface area is 117 Å². The third-order valence-corrected chi connectivity index (χ3v) is 2.67. The highest BCUT2D eigenvalue weighted by Gasteiger charge is 2.05. The van der Waals surface area contributed by atoms with Gasteiger partial charge in [0.05, 0.1) is 0 Å². The van der Waals surface area contributed by atoms with Gasteiger partial charge in [0.2, 0.25) is 0 Å². The molecule has 1 amide bonds. The quantitative estimate of drug-likeness (QED) is 0.389. The number of para-hydroxylation sites is 1. The minimum Gasteiger partial charge on any atom is -0.380 e. The van der Waals surface area contributed by atoms with Gasteiger partial charge in [0.15, 0.2) is 5.84 Å². The largest absolute Gasteiger partial charge is 0.437 e. The number of rotatable bonds is 3. The molecule has 3 N–H and O–H groups in total. The molecule has 0 unspecified atom stereocenters. The number of oxime groups is 1. The number of anilines is 1. The molecule has 0 atom stereocenters. The van der Waals surface area contributed by atoms with Crippen molar-refractivity contribution >= 4 is 17.6 Å². The normalized spacial score (nSPS) is 10.9. The summed E-state index contributed by atoms with van der Waals surface area (Å²) < 4.78 is 0. The molecule has 2 rings (SSSR count). The molecule has 5 heteroatoms. The standard InChI is InChI=1S/C15H15N3O2/c1-11-7-5-6-10-13(11)14(16)18-20-15(19)17-12-8-3-2-4-9-12/h2-10H,1H3,(H2,16,18)(H,17,19). The molecule has 0 bridgehead atoms. The number of carbonyl (C=O) groups excluding carboxylic acids is 1. The molecule has 0 saturated carbocycles. The van der Waals surface area contributed by atoms with E-state index in [9.17, 15) is 4.79 Å². The Bertz CT molecular complexity index is 624. The molecule has 0 aliphatic carbocycles. The van der Waals surface area contributed by atoms with Crippen LogP contribution in [0.2, 0.25) is 0 Å². The first kappa shape index (κ1) is 13.6. The Balaban J connectivity index is 1.99. The average Bonchev–Trinajstić information content (AvgIpc) is 2.46. The van der Waals surface area contributed by atoms with Gasteiger partial charge in [-0.15, -0.1) is 0 Å². The summed E-state index contributed by atoms with van der Waals surface area (Å²) in [6.07, 6.45) is -0.687. The number of amides is 1. The molecule has 2 aromatic carbocycles. The van der Waals surface area contributed by atoms with Crippen molar-refractivity contribution in [2.24, 2.45) is 10.9 Å². The third-order valence-electron chi connectivity index (χ3n) is 2.67. The van der Waals surface area contributed by atoms with Crippen LogP contribution in [0.4, 0.5) is 10.5 Å². The van der Waals surface area contributed by atoms with Gasteiger partial charge < -0.3 is 5.73 Å². The number of nitrogens with two attached hydrogens (primary N) is 1. The van der Waals surface area contributed by atoms with E-state index in [1.54, 1.807) is 24.3 Å². The van der Waals surface area contributed by atoms with E-state index < -0.39 is 6.09 Å². The van der Waals surface area contributed by atoms with Crippen LogP contribution in [0.5, 0.6) is 0 Å². The van der Waals surface area contributed by atoms with Crippen LogP contribution in [-0.4, -0.2) is 11.9 Å². The van der Waals surface area contributed by atoms with Crippen molar-refractivity contribution in [1.29, 1.82) is 0 Å². The van der Waals surface area contributed by atoms with Crippen LogP contribution < -0.4 is 11.1 Å². The fraction of sp³-hybridized carbons (Fsp3) is 0.0667. The van der Waals surface area contributed by atoms with E-state index in [-0.39, 0.29) is 5.84 Å². The zero-order valence-corrected chi connectivity index (χ0v) is 11.0. The van der Waals surface area contributed by atoms with Crippen LogP contribution >= 0.6 is 0 Å². The number of hydrogen-bond donors (Lipinski definition) is 2. The summed E-state index contributed by atoms with van der Waals surface area (Å²) in [7, 11) is 0. The van der Waals surface area contributed by atoms with E-state index in [0.29, 0.717) is 5.69 Å². The first-order valence-corrected chi connectivity index (χ1v) is 6.09. The summed E-state index contributed by atoms with van der Waals surface area (Å²) >= 11 is 0. The monoisotopic (exact) mass is 269 g/mol. The Kier molecular flexibility index (Phi) is 4.34. The minimum absolute atomic E-state index is 0.159. The maximum atomic E-state index is 11.5. The molecule has 0 radical (unpaired) electrons. The smallest absolute Gasteiger partial charge is 0.380 e. The van der Waals surface area contributed by atoms with Crippen LogP contribution in [0.25, 0.3) is 0 Å². The van der Waals surface area contributed by atoms with Crippen LogP contribution in [0.1, 0.15) is 11.1 Å². The Morgan fingerprint density at radius 3 is 2.45 bits per heavy atom. The topological polar surface area (TPSA) is 76.7 Å². The molecule has 102 valence electrons. The first-order chi connectivity index (χ1) is 9.66. The van der Waals surface area contributed by atoms with Crippen LogP contribution in [0.3, 0.4) is 0 Å². The number of nitrogens with one attached hydrogen (secondary N) is 1. The molecular weight excluding hydrogens is 254 g/mol. The molecule has 0 fully saturated rings. The summed E-state index contributed by atoms with van der Waals surface area (Å²) in [6.45, 7) is 1.90. The Hall–Kier alpha value is -2.82. The number of carbonyl (C=O) groups is 1. The fourth-order valence-corrected chi connectivity index (χ4v) is 1.66. The highest BCUT2D eigenvalue weighted by atomic mass is 16.7. The van der Waals surface area contributed by atoms with Crippen LogP contribution in [0.15, 0.2) is 59.8 Å². The third kappa shape index (κ3) is 3.58. The average molecular weight is 269 g/mol. The van der Waals surface area contributed by atoms with Gasteiger partial charge in [-0.2, -0.15) is 0 Å². The second kappa shape index (κ2) is 6.38. The van der Waals surface area contributed by atoms with E-state index in [1.807, 2.05) is 37.3 Å². The van der Waals surface area contributed by atoms with Crippen molar-refractivity contribution < 1.29 is 9.63 Å². The van der Waals surface area contributed by atoms with E-state index in [1.165, 1.54) is 0 Å². The second-order valence-corrected chi connectivity index (χ2v) is 4.16. The molecule has 0 saturated heterocycles. The summed E-state index contributed by atoms with van der Waals surface area (Å²) in [5, 5.41) is 6.17. The lowest BCUT2D eigenvalue weighted by molar-refractivity contribution is 0.166. The van der Waals surface area contributed by atoms with Gasteiger partial charge in [-0.05, 0) is 24.6 Å². The number of amidine groups is 1. The van der Waals surface area contributed by atoms with Crippen molar-refractivity contribution in [1.82, 2.24) is 0 Å². The summed E-state index contributed by atoms with van der Waals surface area (Å²) in [6, 6.07) is 16.4. The fourth-order valence-electron chi connectivity index (χ4n) is 1.66. The van der Waals surface area contributed by atoms with Gasteiger partial charge in [0.25, 0.3) is 0 Å². The summed E-state index contributed by atoms with van der Waals surface area (Å²) in [4.78, 5) is 16.3. The van der Waals surface area contributed by atoms with E-state index in [4.69, 9.17) is 10.6 Å². The first-order valence-electron chi connectivity index (χ1n) is 6.09. The van der Waals surface area contributed by atoms with Crippen molar-refractivity contribution in [2.45, 2.75) is 6.92 Å². The Morgan fingerprint density at radius 2 is 1.75 bits per heavy atom. The van der Waals surface area contributed by atoms with Gasteiger partial charge in [0.1, 0.15) is 0 Å². The molecule has 0 spiro atoms. The highest BCUT2D eigenvalue weighted by molar-refractivity contribution is 5.98. The maximum Gasteiger partial charge on any atom is 0.437 e.